The fourth-order valence-corrected chi connectivity index (χ4v) is 9.58. The maximum Gasteiger partial charge on any atom is 0.387 e. The Balaban J connectivity index is 1.27. The molecular formula is C27H43F3OSi. The zero-order chi connectivity index (χ0) is 22.8. The lowest BCUT2D eigenvalue weighted by atomic mass is 9.78. The lowest BCUT2D eigenvalue weighted by molar-refractivity contribution is -0.0522. The molecule has 1 saturated carbocycles. The first-order valence-corrected chi connectivity index (χ1v) is 15.7. The number of hydrogen-bond donors (Lipinski definition) is 0. The van der Waals surface area contributed by atoms with E-state index in [0.29, 0.717) is 5.92 Å². The number of hydrogen-bond acceptors (Lipinski definition) is 1. The standard InChI is InChI=1S/C27H43F3OSi/c1-2-3-4-7-21-9-11-22(12-10-21)8-5-6-17-32-18-15-23(16-19-32)24-13-14-26(25(28)20-24)31-27(29)30/h13-14,20-23,27,32H,2-12,15-19H2,1H3/t21-,22-,23?,32?. The highest BCUT2D eigenvalue weighted by molar-refractivity contribution is 6.59. The largest absolute Gasteiger partial charge is 0.432 e. The van der Waals surface area contributed by atoms with E-state index in [2.05, 4.69) is 11.7 Å². The number of unbranched alkanes of at least 4 members (excludes halogenated alkanes) is 3. The Morgan fingerprint density at radius 2 is 1.53 bits per heavy atom. The van der Waals surface area contributed by atoms with Gasteiger partial charge in [-0.2, -0.15) is 8.78 Å². The first-order valence-electron chi connectivity index (χ1n) is 13.3. The molecule has 182 valence electrons. The van der Waals surface area contributed by atoms with Gasteiger partial charge in [0.15, 0.2) is 11.6 Å². The first-order chi connectivity index (χ1) is 15.5. The molecule has 0 spiro atoms. The number of alkyl halides is 2. The van der Waals surface area contributed by atoms with E-state index < -0.39 is 21.2 Å². The van der Waals surface area contributed by atoms with Gasteiger partial charge in [-0.15, -0.1) is 0 Å². The van der Waals surface area contributed by atoms with Gasteiger partial charge in [0, 0.05) is 8.80 Å². The minimum Gasteiger partial charge on any atom is -0.432 e. The quantitative estimate of drug-likeness (QED) is 0.219. The Labute approximate surface area is 195 Å². The molecule has 0 unspecified atom stereocenters. The number of rotatable bonds is 12. The van der Waals surface area contributed by atoms with Crippen LogP contribution < -0.4 is 4.74 Å². The highest BCUT2D eigenvalue weighted by Gasteiger charge is 2.25. The van der Waals surface area contributed by atoms with Crippen molar-refractivity contribution in [3.8, 4) is 5.75 Å². The second kappa shape index (κ2) is 13.7. The third kappa shape index (κ3) is 8.42. The average molecular weight is 469 g/mol. The van der Waals surface area contributed by atoms with Crippen molar-refractivity contribution < 1.29 is 17.9 Å². The van der Waals surface area contributed by atoms with Gasteiger partial charge in [-0.3, -0.25) is 0 Å². The molecule has 2 aliphatic rings. The Hall–Kier alpha value is -0.973. The summed E-state index contributed by atoms with van der Waals surface area (Å²) >= 11 is 0. The van der Waals surface area contributed by atoms with Gasteiger partial charge in [-0.05, 0) is 48.3 Å². The smallest absolute Gasteiger partial charge is 0.387 e. The number of halogens is 3. The number of benzene rings is 1. The van der Waals surface area contributed by atoms with Crippen molar-refractivity contribution in [2.24, 2.45) is 11.8 Å². The second-order valence-corrected chi connectivity index (χ2v) is 13.9. The molecule has 0 amide bonds. The highest BCUT2D eigenvalue weighted by Crippen LogP contribution is 2.38. The van der Waals surface area contributed by atoms with Gasteiger partial charge in [-0.25, -0.2) is 4.39 Å². The molecule has 0 radical (unpaired) electrons. The van der Waals surface area contributed by atoms with E-state index in [9.17, 15) is 13.2 Å². The predicted octanol–water partition coefficient (Wildman–Crippen LogP) is 9.09. The molecule has 5 heteroatoms. The molecule has 1 nitrogen and oxygen atoms in total. The molecule has 1 aliphatic carbocycles. The lowest BCUT2D eigenvalue weighted by Gasteiger charge is -2.29. The molecule has 1 saturated heterocycles. The molecule has 0 N–H and O–H groups in total. The number of ether oxygens (including phenoxy) is 1. The minimum atomic E-state index is -2.98. The first kappa shape index (κ1) is 25.6. The summed E-state index contributed by atoms with van der Waals surface area (Å²) in [5, 5.41) is 0. The Kier molecular flexibility index (Phi) is 11.0. The molecule has 0 aromatic heterocycles. The van der Waals surface area contributed by atoms with Crippen LogP contribution in [-0.4, -0.2) is 15.4 Å². The van der Waals surface area contributed by atoms with Crippen LogP contribution in [0.25, 0.3) is 0 Å². The van der Waals surface area contributed by atoms with Crippen LogP contribution in [0.5, 0.6) is 5.75 Å². The van der Waals surface area contributed by atoms with Crippen molar-refractivity contribution >= 4 is 8.80 Å². The van der Waals surface area contributed by atoms with Crippen molar-refractivity contribution in [2.75, 3.05) is 0 Å². The summed E-state index contributed by atoms with van der Waals surface area (Å²) in [5.41, 5.74) is 0.946. The van der Waals surface area contributed by atoms with Crippen molar-refractivity contribution in [1.29, 1.82) is 0 Å². The maximum absolute atomic E-state index is 14.0. The van der Waals surface area contributed by atoms with Crippen LogP contribution in [0.3, 0.4) is 0 Å². The van der Waals surface area contributed by atoms with Crippen LogP contribution in [0.2, 0.25) is 18.1 Å². The highest BCUT2D eigenvalue weighted by atomic mass is 28.3. The Bertz CT molecular complexity index is 652. The van der Waals surface area contributed by atoms with Crippen LogP contribution in [0.15, 0.2) is 18.2 Å². The van der Waals surface area contributed by atoms with Crippen molar-refractivity contribution in [3.05, 3.63) is 29.6 Å². The van der Waals surface area contributed by atoms with Crippen molar-refractivity contribution in [3.63, 3.8) is 0 Å². The fraction of sp³-hybridized carbons (Fsp3) is 0.778. The van der Waals surface area contributed by atoms with E-state index in [0.717, 1.165) is 30.2 Å². The van der Waals surface area contributed by atoms with Gasteiger partial charge in [0.05, 0.1) is 0 Å². The van der Waals surface area contributed by atoms with Crippen LogP contribution in [0.4, 0.5) is 13.2 Å². The van der Waals surface area contributed by atoms with Crippen LogP contribution in [0.1, 0.15) is 102 Å². The summed E-state index contributed by atoms with van der Waals surface area (Å²) in [6.07, 6.45) is 18.1. The Morgan fingerprint density at radius 1 is 0.906 bits per heavy atom. The molecule has 2 fully saturated rings. The van der Waals surface area contributed by atoms with Crippen molar-refractivity contribution in [1.82, 2.24) is 0 Å². The van der Waals surface area contributed by atoms with Gasteiger partial charge < -0.3 is 4.74 Å². The normalized spacial score (nSPS) is 26.4. The van der Waals surface area contributed by atoms with Crippen molar-refractivity contribution in [2.45, 2.75) is 121 Å². The predicted molar refractivity (Wildman–Crippen MR) is 130 cm³/mol. The van der Waals surface area contributed by atoms with Gasteiger partial charge in [0.25, 0.3) is 0 Å². The van der Waals surface area contributed by atoms with E-state index in [1.165, 1.54) is 101 Å². The monoisotopic (exact) mass is 468 g/mol. The fourth-order valence-electron chi connectivity index (χ4n) is 6.10. The van der Waals surface area contributed by atoms with Crippen LogP contribution in [-0.2, 0) is 0 Å². The van der Waals surface area contributed by atoms with E-state index >= 15 is 0 Å². The average Bonchev–Trinajstić information content (AvgIpc) is 2.79. The zero-order valence-corrected chi connectivity index (χ0v) is 21.1. The third-order valence-corrected chi connectivity index (χ3v) is 11.7. The van der Waals surface area contributed by atoms with E-state index in [-0.39, 0.29) is 5.75 Å². The van der Waals surface area contributed by atoms with Gasteiger partial charge in [-0.1, -0.05) is 102 Å². The third-order valence-electron chi connectivity index (χ3n) is 8.15. The second-order valence-electron chi connectivity index (χ2n) is 10.5. The van der Waals surface area contributed by atoms with Crippen LogP contribution >= 0.6 is 0 Å². The lowest BCUT2D eigenvalue weighted by Crippen LogP contribution is -2.20. The molecular weight excluding hydrogens is 425 g/mol. The Morgan fingerprint density at radius 3 is 2.09 bits per heavy atom. The maximum atomic E-state index is 14.0. The molecule has 1 aliphatic heterocycles. The van der Waals surface area contributed by atoms with E-state index in [1.54, 1.807) is 6.07 Å². The van der Waals surface area contributed by atoms with Gasteiger partial charge >= 0.3 is 6.61 Å². The SMILES string of the molecule is CCCCC[C@H]1CC[C@H](CCCC[SiH]2CCC(c3ccc(OC(F)F)c(F)c3)CC2)CC1. The summed E-state index contributed by atoms with van der Waals surface area (Å²) in [6.45, 7) is -0.691. The molecule has 0 atom stereocenters. The zero-order valence-electron chi connectivity index (χ0n) is 20.0. The van der Waals surface area contributed by atoms with Gasteiger partial charge in [0.1, 0.15) is 0 Å². The summed E-state index contributed by atoms with van der Waals surface area (Å²) < 4.78 is 42.9. The molecule has 1 heterocycles. The minimum absolute atomic E-state index is 0.350. The molecule has 0 bridgehead atoms. The van der Waals surface area contributed by atoms with E-state index in [4.69, 9.17) is 0 Å². The molecule has 32 heavy (non-hydrogen) atoms. The molecule has 1 aromatic carbocycles. The summed E-state index contributed by atoms with van der Waals surface area (Å²) in [6, 6.07) is 8.68. The molecule has 1 aromatic rings. The van der Waals surface area contributed by atoms with Crippen LogP contribution in [0, 0.1) is 17.7 Å². The topological polar surface area (TPSA) is 9.23 Å². The summed E-state index contributed by atoms with van der Waals surface area (Å²) in [7, 11) is -0.648. The summed E-state index contributed by atoms with van der Waals surface area (Å²) in [4.78, 5) is 0. The van der Waals surface area contributed by atoms with E-state index in [1.807, 2.05) is 0 Å². The molecule has 3 rings (SSSR count). The summed E-state index contributed by atoms with van der Waals surface area (Å²) in [5.74, 6) is 1.36. The van der Waals surface area contributed by atoms with Gasteiger partial charge in [0.2, 0.25) is 0 Å².